The van der Waals surface area contributed by atoms with Crippen molar-refractivity contribution in [3.05, 3.63) is 24.0 Å². The lowest BCUT2D eigenvalue weighted by molar-refractivity contribution is -0.0494. The molecule has 0 saturated carbocycles. The topological polar surface area (TPSA) is 57.4 Å². The smallest absolute Gasteiger partial charge is 0.387 e. The van der Waals surface area contributed by atoms with Gasteiger partial charge in [0.25, 0.3) is 0 Å². The zero-order chi connectivity index (χ0) is 13.5. The lowest BCUT2D eigenvalue weighted by atomic mass is 10.3. The summed E-state index contributed by atoms with van der Waals surface area (Å²) in [5, 5.41) is 10.8. The Labute approximate surface area is 105 Å². The van der Waals surface area contributed by atoms with Gasteiger partial charge in [0.2, 0.25) is 0 Å². The molecule has 0 saturated heterocycles. The molecule has 0 amide bonds. The van der Waals surface area contributed by atoms with Crippen molar-refractivity contribution in [2.75, 3.05) is 6.26 Å². The van der Waals surface area contributed by atoms with Gasteiger partial charge in [0.15, 0.2) is 17.1 Å². The first-order valence-electron chi connectivity index (χ1n) is 4.59. The second-order valence-corrected chi connectivity index (χ2v) is 3.64. The number of ether oxygens (including phenoxy) is 1. The van der Waals surface area contributed by atoms with Gasteiger partial charge in [-0.1, -0.05) is 11.8 Å². The Morgan fingerprint density at radius 2 is 2.28 bits per heavy atom. The molecule has 1 N–H and O–H groups in total. The number of halogens is 3. The van der Waals surface area contributed by atoms with Gasteiger partial charge in [-0.2, -0.15) is 14.0 Å². The summed E-state index contributed by atoms with van der Waals surface area (Å²) in [7, 11) is 0. The Hall–Kier alpha value is -1.88. The second kappa shape index (κ2) is 6.76. The molecule has 0 aromatic heterocycles. The zero-order valence-corrected chi connectivity index (χ0v) is 9.97. The molecule has 1 aromatic carbocycles. The molecule has 0 heterocycles. The minimum absolute atomic E-state index is 0.123. The molecule has 96 valence electrons. The summed E-state index contributed by atoms with van der Waals surface area (Å²) in [6, 6.07) is 2.96. The van der Waals surface area contributed by atoms with E-state index in [0.29, 0.717) is 0 Å². The minimum Gasteiger partial charge on any atom is -0.433 e. The summed E-state index contributed by atoms with van der Waals surface area (Å²) in [5.41, 5.74) is -0.123. The number of thioether (sulfide) groups is 1. The highest BCUT2D eigenvalue weighted by molar-refractivity contribution is 8.13. The van der Waals surface area contributed by atoms with E-state index in [0.717, 1.165) is 30.0 Å². The highest BCUT2D eigenvalue weighted by atomic mass is 32.2. The van der Waals surface area contributed by atoms with Gasteiger partial charge >= 0.3 is 6.61 Å². The number of aliphatic imine (C=N–C) groups is 1. The highest BCUT2D eigenvalue weighted by Crippen LogP contribution is 2.30. The number of rotatable bonds is 3. The second-order valence-electron chi connectivity index (χ2n) is 2.85. The van der Waals surface area contributed by atoms with Gasteiger partial charge in [0.05, 0.1) is 0 Å². The van der Waals surface area contributed by atoms with E-state index in [9.17, 15) is 13.2 Å². The van der Waals surface area contributed by atoms with Crippen molar-refractivity contribution in [2.45, 2.75) is 6.61 Å². The zero-order valence-electron chi connectivity index (χ0n) is 9.15. The number of nitrogens with zero attached hydrogens (tertiary/aromatic N) is 2. The average Bonchev–Trinajstić information content (AvgIpc) is 2.31. The highest BCUT2D eigenvalue weighted by Gasteiger charge is 2.11. The number of nitrogens with one attached hydrogen (secondary N) is 1. The molecule has 0 bridgehead atoms. The number of amidine groups is 1. The summed E-state index contributed by atoms with van der Waals surface area (Å²) in [6.45, 7) is -3.04. The van der Waals surface area contributed by atoms with E-state index in [-0.39, 0.29) is 16.6 Å². The van der Waals surface area contributed by atoms with Gasteiger partial charge in [0, 0.05) is 6.07 Å². The Morgan fingerprint density at radius 3 is 2.83 bits per heavy atom. The number of alkyl halides is 2. The van der Waals surface area contributed by atoms with E-state index in [2.05, 4.69) is 15.0 Å². The van der Waals surface area contributed by atoms with Crippen LogP contribution in [0.1, 0.15) is 0 Å². The van der Waals surface area contributed by atoms with Crippen LogP contribution in [-0.4, -0.2) is 18.0 Å². The molecule has 8 heteroatoms. The average molecular weight is 275 g/mol. The van der Waals surface area contributed by atoms with E-state index in [1.807, 2.05) is 0 Å². The maximum absolute atomic E-state index is 13.0. The fourth-order valence-electron chi connectivity index (χ4n) is 1.06. The van der Waals surface area contributed by atoms with Crippen LogP contribution in [0.15, 0.2) is 23.2 Å². The van der Waals surface area contributed by atoms with E-state index in [1.165, 1.54) is 0 Å². The van der Waals surface area contributed by atoms with E-state index in [4.69, 9.17) is 5.26 Å². The molecule has 0 spiro atoms. The number of benzene rings is 1. The fourth-order valence-corrected chi connectivity index (χ4v) is 1.39. The SMILES string of the molecule is CSC(=Nc1cc(F)ccc1OC(F)F)NC#N. The minimum atomic E-state index is -3.04. The third-order valence-corrected chi connectivity index (χ3v) is 2.30. The predicted molar refractivity (Wildman–Crippen MR) is 62.4 cm³/mol. The van der Waals surface area contributed by atoms with Crippen molar-refractivity contribution in [3.8, 4) is 11.9 Å². The van der Waals surface area contributed by atoms with Crippen molar-refractivity contribution < 1.29 is 17.9 Å². The van der Waals surface area contributed by atoms with Crippen LogP contribution in [0.4, 0.5) is 18.9 Å². The quantitative estimate of drug-likeness (QED) is 0.399. The molecule has 0 aliphatic rings. The third kappa shape index (κ3) is 4.18. The largest absolute Gasteiger partial charge is 0.433 e. The first-order chi connectivity index (χ1) is 8.56. The van der Waals surface area contributed by atoms with Crippen LogP contribution in [0, 0.1) is 17.3 Å². The molecule has 0 radical (unpaired) electrons. The Kier molecular flexibility index (Phi) is 5.32. The van der Waals surface area contributed by atoms with E-state index < -0.39 is 12.4 Å². The van der Waals surface area contributed by atoms with Crippen LogP contribution in [-0.2, 0) is 0 Å². The van der Waals surface area contributed by atoms with Gasteiger partial charge in [-0.3, -0.25) is 5.32 Å². The fraction of sp³-hybridized carbons (Fsp3) is 0.200. The maximum atomic E-state index is 13.0. The van der Waals surface area contributed by atoms with E-state index >= 15 is 0 Å². The lowest BCUT2D eigenvalue weighted by Gasteiger charge is -2.08. The van der Waals surface area contributed by atoms with Gasteiger partial charge in [-0.25, -0.2) is 9.38 Å². The molecule has 1 rings (SSSR count). The van der Waals surface area contributed by atoms with Crippen molar-refractivity contribution >= 4 is 22.6 Å². The van der Waals surface area contributed by atoms with Gasteiger partial charge < -0.3 is 4.74 Å². The van der Waals surface area contributed by atoms with Crippen LogP contribution in [0.25, 0.3) is 0 Å². The monoisotopic (exact) mass is 275 g/mol. The normalized spacial score (nSPS) is 11.2. The van der Waals surface area contributed by atoms with Gasteiger partial charge in [-0.15, -0.1) is 0 Å². The first-order valence-corrected chi connectivity index (χ1v) is 5.81. The summed E-state index contributed by atoms with van der Waals surface area (Å²) in [4.78, 5) is 3.83. The summed E-state index contributed by atoms with van der Waals surface area (Å²) in [6.07, 6.45) is 3.25. The molecule has 0 unspecified atom stereocenters. The molecular weight excluding hydrogens is 267 g/mol. The van der Waals surface area contributed by atoms with Crippen molar-refractivity contribution in [1.29, 1.82) is 5.26 Å². The number of hydrogen-bond donors (Lipinski definition) is 1. The molecular formula is C10H8F3N3OS. The molecule has 1 aromatic rings. The first kappa shape index (κ1) is 14.2. The van der Waals surface area contributed by atoms with Crippen LogP contribution >= 0.6 is 11.8 Å². The number of hydrogen-bond acceptors (Lipinski definition) is 4. The van der Waals surface area contributed by atoms with Crippen LogP contribution in [0.2, 0.25) is 0 Å². The summed E-state index contributed by atoms with van der Waals surface area (Å²) in [5.74, 6) is -0.912. The molecule has 0 aliphatic carbocycles. The summed E-state index contributed by atoms with van der Waals surface area (Å²) < 4.78 is 41.5. The Morgan fingerprint density at radius 1 is 1.56 bits per heavy atom. The molecule has 0 aliphatic heterocycles. The van der Waals surface area contributed by atoms with Crippen molar-refractivity contribution in [1.82, 2.24) is 5.32 Å². The van der Waals surface area contributed by atoms with Crippen LogP contribution in [0.5, 0.6) is 5.75 Å². The summed E-state index contributed by atoms with van der Waals surface area (Å²) >= 11 is 1.07. The Balaban J connectivity index is 3.12. The molecule has 0 fully saturated rings. The lowest BCUT2D eigenvalue weighted by Crippen LogP contribution is -2.12. The van der Waals surface area contributed by atoms with Crippen LogP contribution in [0.3, 0.4) is 0 Å². The molecule has 4 nitrogen and oxygen atoms in total. The Bertz CT molecular complexity index is 488. The standard InChI is InChI=1S/C10H8F3N3OS/c1-18-10(15-5-14)16-7-4-6(11)2-3-8(7)17-9(12)13/h2-4,9H,1H3,(H,15,16). The van der Waals surface area contributed by atoms with Crippen LogP contribution < -0.4 is 10.1 Å². The van der Waals surface area contributed by atoms with E-state index in [1.54, 1.807) is 12.4 Å². The van der Waals surface area contributed by atoms with Gasteiger partial charge in [0.1, 0.15) is 11.5 Å². The molecule has 0 atom stereocenters. The van der Waals surface area contributed by atoms with Crippen molar-refractivity contribution in [2.24, 2.45) is 4.99 Å². The molecule has 18 heavy (non-hydrogen) atoms. The maximum Gasteiger partial charge on any atom is 0.387 e. The predicted octanol–water partition coefficient (Wildman–Crippen LogP) is 2.85. The van der Waals surface area contributed by atoms with Crippen molar-refractivity contribution in [3.63, 3.8) is 0 Å². The van der Waals surface area contributed by atoms with Gasteiger partial charge in [-0.05, 0) is 18.4 Å². The third-order valence-electron chi connectivity index (χ3n) is 1.72. The number of nitriles is 1.